The van der Waals surface area contributed by atoms with Crippen LogP contribution in [0, 0.1) is 19.7 Å². The van der Waals surface area contributed by atoms with E-state index in [-0.39, 0.29) is 11.9 Å². The van der Waals surface area contributed by atoms with Gasteiger partial charge in [-0.2, -0.15) is 5.10 Å². The zero-order chi connectivity index (χ0) is 14.2. The van der Waals surface area contributed by atoms with E-state index in [1.54, 1.807) is 16.8 Å². The number of rotatable bonds is 3. The summed E-state index contributed by atoms with van der Waals surface area (Å²) in [7, 11) is 0. The quantitative estimate of drug-likeness (QED) is 0.937. The smallest absolute Gasteiger partial charge is 0.129 e. The summed E-state index contributed by atoms with van der Waals surface area (Å²) in [6, 6.07) is 4.58. The molecule has 0 saturated heterocycles. The SMILES string of the molecule is Cc1nn(Cc2c(F)cccc2Cl)c(C)c1C(C)N. The summed E-state index contributed by atoms with van der Waals surface area (Å²) in [6.07, 6.45) is 0. The van der Waals surface area contributed by atoms with E-state index in [0.717, 1.165) is 17.0 Å². The normalized spacial score (nSPS) is 12.7. The van der Waals surface area contributed by atoms with Gasteiger partial charge in [-0.05, 0) is 32.9 Å². The Morgan fingerprint density at radius 3 is 2.63 bits per heavy atom. The van der Waals surface area contributed by atoms with Gasteiger partial charge in [0.25, 0.3) is 0 Å². The maximum Gasteiger partial charge on any atom is 0.129 e. The maximum absolute atomic E-state index is 13.8. The van der Waals surface area contributed by atoms with Gasteiger partial charge in [0.1, 0.15) is 5.82 Å². The van der Waals surface area contributed by atoms with Crippen LogP contribution in [0.1, 0.15) is 35.5 Å². The summed E-state index contributed by atoms with van der Waals surface area (Å²) in [5.41, 5.74) is 9.21. The largest absolute Gasteiger partial charge is 0.324 e. The van der Waals surface area contributed by atoms with Crippen LogP contribution >= 0.6 is 11.6 Å². The van der Waals surface area contributed by atoms with Gasteiger partial charge >= 0.3 is 0 Å². The lowest BCUT2D eigenvalue weighted by atomic mass is 10.1. The lowest BCUT2D eigenvalue weighted by Crippen LogP contribution is -2.09. The van der Waals surface area contributed by atoms with Crippen LogP contribution in [-0.4, -0.2) is 9.78 Å². The Morgan fingerprint density at radius 1 is 1.42 bits per heavy atom. The first kappa shape index (κ1) is 14.0. The molecule has 0 radical (unpaired) electrons. The van der Waals surface area contributed by atoms with Crippen LogP contribution in [0.3, 0.4) is 0 Å². The molecule has 3 nitrogen and oxygen atoms in total. The topological polar surface area (TPSA) is 43.8 Å². The molecule has 0 aliphatic heterocycles. The van der Waals surface area contributed by atoms with E-state index in [1.165, 1.54) is 6.07 Å². The standard InChI is InChI=1S/C14H17ClFN3/c1-8(17)14-9(2)18-19(10(14)3)7-11-12(15)5-4-6-13(11)16/h4-6,8H,7,17H2,1-3H3. The van der Waals surface area contributed by atoms with Crippen LogP contribution < -0.4 is 5.73 Å². The summed E-state index contributed by atoms with van der Waals surface area (Å²) in [5.74, 6) is -0.317. The minimum absolute atomic E-state index is 0.0927. The molecular formula is C14H17ClFN3. The van der Waals surface area contributed by atoms with E-state index < -0.39 is 0 Å². The van der Waals surface area contributed by atoms with Crippen molar-refractivity contribution in [2.45, 2.75) is 33.4 Å². The number of nitrogens with two attached hydrogens (primary N) is 1. The van der Waals surface area contributed by atoms with Gasteiger partial charge < -0.3 is 5.73 Å². The third-order valence-electron chi connectivity index (χ3n) is 3.26. The molecule has 0 fully saturated rings. The van der Waals surface area contributed by atoms with Crippen molar-refractivity contribution in [3.05, 3.63) is 51.6 Å². The zero-order valence-corrected chi connectivity index (χ0v) is 12.0. The average molecular weight is 282 g/mol. The Hall–Kier alpha value is -1.39. The van der Waals surface area contributed by atoms with Crippen molar-refractivity contribution in [1.29, 1.82) is 0 Å². The van der Waals surface area contributed by atoms with E-state index >= 15 is 0 Å². The van der Waals surface area contributed by atoms with E-state index in [4.69, 9.17) is 17.3 Å². The molecule has 0 aliphatic carbocycles. The number of aromatic nitrogens is 2. The third-order valence-corrected chi connectivity index (χ3v) is 3.62. The summed E-state index contributed by atoms with van der Waals surface area (Å²) in [5, 5.41) is 4.83. The number of hydrogen-bond acceptors (Lipinski definition) is 2. The van der Waals surface area contributed by atoms with Gasteiger partial charge in [-0.15, -0.1) is 0 Å². The van der Waals surface area contributed by atoms with Crippen LogP contribution in [0.5, 0.6) is 0 Å². The van der Waals surface area contributed by atoms with Gasteiger partial charge in [-0.1, -0.05) is 17.7 Å². The molecule has 0 saturated carbocycles. The van der Waals surface area contributed by atoms with Crippen molar-refractivity contribution in [3.63, 3.8) is 0 Å². The molecule has 1 aromatic heterocycles. The lowest BCUT2D eigenvalue weighted by molar-refractivity contribution is 0.578. The van der Waals surface area contributed by atoms with Crippen LogP contribution in [0.25, 0.3) is 0 Å². The molecule has 1 heterocycles. The van der Waals surface area contributed by atoms with Crippen molar-refractivity contribution in [1.82, 2.24) is 9.78 Å². The number of aryl methyl sites for hydroxylation is 1. The molecule has 0 spiro atoms. The molecule has 0 amide bonds. The highest BCUT2D eigenvalue weighted by atomic mass is 35.5. The van der Waals surface area contributed by atoms with E-state index in [0.29, 0.717) is 17.1 Å². The van der Waals surface area contributed by atoms with E-state index in [2.05, 4.69) is 5.10 Å². The van der Waals surface area contributed by atoms with Crippen molar-refractivity contribution >= 4 is 11.6 Å². The van der Waals surface area contributed by atoms with E-state index in [1.807, 2.05) is 20.8 Å². The molecule has 2 rings (SSSR count). The van der Waals surface area contributed by atoms with Gasteiger partial charge in [-0.25, -0.2) is 4.39 Å². The molecule has 19 heavy (non-hydrogen) atoms. The molecule has 2 N–H and O–H groups in total. The Morgan fingerprint density at radius 2 is 2.11 bits per heavy atom. The molecule has 102 valence electrons. The fraction of sp³-hybridized carbons (Fsp3) is 0.357. The van der Waals surface area contributed by atoms with Gasteiger partial charge in [-0.3, -0.25) is 4.68 Å². The van der Waals surface area contributed by atoms with Crippen LogP contribution in [0.4, 0.5) is 4.39 Å². The average Bonchev–Trinajstić information content (AvgIpc) is 2.59. The van der Waals surface area contributed by atoms with Gasteiger partial charge in [0.2, 0.25) is 0 Å². The highest BCUT2D eigenvalue weighted by Gasteiger charge is 2.16. The summed E-state index contributed by atoms with van der Waals surface area (Å²) < 4.78 is 15.5. The molecule has 0 bridgehead atoms. The number of hydrogen-bond donors (Lipinski definition) is 1. The Labute approximate surface area is 117 Å². The fourth-order valence-corrected chi connectivity index (χ4v) is 2.58. The first-order valence-corrected chi connectivity index (χ1v) is 6.52. The van der Waals surface area contributed by atoms with Crippen molar-refractivity contribution in [2.24, 2.45) is 5.73 Å². The second kappa shape index (κ2) is 5.31. The number of halogens is 2. The highest BCUT2D eigenvalue weighted by molar-refractivity contribution is 6.31. The Balaban J connectivity index is 2.42. The summed E-state index contributed by atoms with van der Waals surface area (Å²) in [4.78, 5) is 0. The molecule has 0 aliphatic rings. The van der Waals surface area contributed by atoms with Crippen LogP contribution in [0.2, 0.25) is 5.02 Å². The minimum atomic E-state index is -0.317. The summed E-state index contributed by atoms with van der Waals surface area (Å²) >= 11 is 6.04. The second-order valence-electron chi connectivity index (χ2n) is 4.73. The highest BCUT2D eigenvalue weighted by Crippen LogP contribution is 2.24. The third kappa shape index (κ3) is 2.65. The van der Waals surface area contributed by atoms with Crippen molar-refractivity contribution in [3.8, 4) is 0 Å². The monoisotopic (exact) mass is 281 g/mol. The summed E-state index contributed by atoms with van der Waals surface area (Å²) in [6.45, 7) is 6.07. The number of benzene rings is 1. The first-order valence-electron chi connectivity index (χ1n) is 6.14. The number of nitrogens with zero attached hydrogens (tertiary/aromatic N) is 2. The van der Waals surface area contributed by atoms with Gasteiger partial charge in [0.15, 0.2) is 0 Å². The zero-order valence-electron chi connectivity index (χ0n) is 11.2. The second-order valence-corrected chi connectivity index (χ2v) is 5.14. The molecule has 2 aromatic rings. The van der Waals surface area contributed by atoms with Crippen molar-refractivity contribution in [2.75, 3.05) is 0 Å². The van der Waals surface area contributed by atoms with Crippen LogP contribution in [0.15, 0.2) is 18.2 Å². The fourth-order valence-electron chi connectivity index (χ4n) is 2.36. The van der Waals surface area contributed by atoms with E-state index in [9.17, 15) is 4.39 Å². The molecular weight excluding hydrogens is 265 g/mol. The molecule has 1 aromatic carbocycles. The molecule has 1 unspecified atom stereocenters. The van der Waals surface area contributed by atoms with Gasteiger partial charge in [0, 0.05) is 27.9 Å². The predicted octanol–water partition coefficient (Wildman–Crippen LogP) is 3.36. The van der Waals surface area contributed by atoms with Gasteiger partial charge in [0.05, 0.1) is 12.2 Å². The maximum atomic E-state index is 13.8. The Bertz CT molecular complexity index is 585. The first-order chi connectivity index (χ1) is 8.91. The Kier molecular flexibility index (Phi) is 3.92. The predicted molar refractivity (Wildman–Crippen MR) is 74.8 cm³/mol. The lowest BCUT2D eigenvalue weighted by Gasteiger charge is -2.09. The van der Waals surface area contributed by atoms with Crippen molar-refractivity contribution < 1.29 is 4.39 Å². The molecule has 1 atom stereocenters. The minimum Gasteiger partial charge on any atom is -0.324 e. The molecule has 5 heteroatoms. The van der Waals surface area contributed by atoms with Crippen LogP contribution in [-0.2, 0) is 6.54 Å².